The van der Waals surface area contributed by atoms with Gasteiger partial charge in [-0.2, -0.15) is 13.2 Å². The van der Waals surface area contributed by atoms with Gasteiger partial charge < -0.3 is 20.1 Å². The number of alkyl halides is 3. The summed E-state index contributed by atoms with van der Waals surface area (Å²) in [4.78, 5) is 26.1. The average Bonchev–Trinajstić information content (AvgIpc) is 3.48. The number of halogens is 3. The zero-order valence-corrected chi connectivity index (χ0v) is 19.5. The maximum atomic E-state index is 12.1. The monoisotopic (exact) mass is 493 g/mol. The van der Waals surface area contributed by atoms with Gasteiger partial charge in [0.05, 0.1) is 0 Å². The van der Waals surface area contributed by atoms with Gasteiger partial charge in [0.1, 0.15) is 5.75 Å². The van der Waals surface area contributed by atoms with Gasteiger partial charge in [0.25, 0.3) is 5.91 Å². The molecule has 0 spiro atoms. The van der Waals surface area contributed by atoms with Crippen molar-refractivity contribution in [3.63, 3.8) is 0 Å². The number of likely N-dealkylation sites (tertiary alicyclic amines) is 1. The van der Waals surface area contributed by atoms with Gasteiger partial charge in [0.2, 0.25) is 0 Å². The summed E-state index contributed by atoms with van der Waals surface area (Å²) in [6, 6.07) is 18.9. The maximum Gasteiger partial charge on any atom is 0.490 e. The topological polar surface area (TPSA) is 82.1 Å². The van der Waals surface area contributed by atoms with E-state index in [9.17, 15) is 18.0 Å². The van der Waals surface area contributed by atoms with Crippen LogP contribution < -0.4 is 15.0 Å². The summed E-state index contributed by atoms with van der Waals surface area (Å²) in [6.45, 7) is 5.81. The van der Waals surface area contributed by atoms with Crippen molar-refractivity contribution in [3.8, 4) is 5.75 Å². The fourth-order valence-corrected chi connectivity index (χ4v) is 4.36. The van der Waals surface area contributed by atoms with Gasteiger partial charge >= 0.3 is 12.1 Å². The Hall–Kier alpha value is -3.27. The number of hydrogen-bond donors (Lipinski definition) is 2. The molecule has 0 saturated carbocycles. The highest BCUT2D eigenvalue weighted by molar-refractivity contribution is 5.92. The lowest BCUT2D eigenvalue weighted by molar-refractivity contribution is -0.192. The first-order chi connectivity index (χ1) is 16.6. The number of carbonyl (C=O) groups is 2. The molecule has 35 heavy (non-hydrogen) atoms. The molecule has 10 heteroatoms. The number of amides is 1. The second-order valence-electron chi connectivity index (χ2n) is 8.62. The number of para-hydroxylation sites is 1. The molecule has 2 N–H and O–H groups in total. The van der Waals surface area contributed by atoms with Gasteiger partial charge in [-0.15, -0.1) is 0 Å². The Morgan fingerprint density at radius 3 is 2.29 bits per heavy atom. The van der Waals surface area contributed by atoms with Gasteiger partial charge in [0.15, 0.2) is 6.61 Å². The van der Waals surface area contributed by atoms with Crippen LogP contribution in [-0.4, -0.2) is 66.4 Å². The van der Waals surface area contributed by atoms with E-state index < -0.39 is 12.1 Å². The van der Waals surface area contributed by atoms with Crippen LogP contribution in [0.4, 0.5) is 24.5 Å². The summed E-state index contributed by atoms with van der Waals surface area (Å²) in [7, 11) is 0. The number of ether oxygens (including phenoxy) is 1. The SMILES string of the molecule is CC1CCCN1C1CCN(c2ccc(NC(=O)COc3ccccc3)cc2)C1.O=C(O)C(F)(F)F. The predicted octanol–water partition coefficient (Wildman–Crippen LogP) is 4.40. The molecule has 4 rings (SSSR count). The molecule has 2 aromatic carbocycles. The lowest BCUT2D eigenvalue weighted by atomic mass is 10.2. The van der Waals surface area contributed by atoms with Crippen LogP contribution in [0.5, 0.6) is 5.75 Å². The molecule has 2 aliphatic heterocycles. The molecule has 190 valence electrons. The van der Waals surface area contributed by atoms with E-state index in [1.807, 2.05) is 42.5 Å². The van der Waals surface area contributed by atoms with E-state index in [2.05, 4.69) is 34.2 Å². The molecular formula is C25H30F3N3O4. The minimum atomic E-state index is -5.08. The van der Waals surface area contributed by atoms with Crippen LogP contribution in [0.3, 0.4) is 0 Å². The van der Waals surface area contributed by atoms with Gasteiger partial charge in [0, 0.05) is 36.5 Å². The molecular weight excluding hydrogens is 463 g/mol. The van der Waals surface area contributed by atoms with Gasteiger partial charge in [-0.1, -0.05) is 18.2 Å². The minimum Gasteiger partial charge on any atom is -0.484 e. The Kier molecular flexibility index (Phi) is 8.97. The number of hydrogen-bond acceptors (Lipinski definition) is 5. The molecule has 7 nitrogen and oxygen atoms in total. The number of carboxylic acids is 1. The van der Waals surface area contributed by atoms with E-state index in [0.717, 1.165) is 24.8 Å². The summed E-state index contributed by atoms with van der Waals surface area (Å²) in [5, 5.41) is 10.0. The quantitative estimate of drug-likeness (QED) is 0.621. The number of carboxylic acid groups (broad SMARTS) is 1. The summed E-state index contributed by atoms with van der Waals surface area (Å²) in [6.07, 6.45) is -1.18. The number of nitrogens with one attached hydrogen (secondary N) is 1. The highest BCUT2D eigenvalue weighted by atomic mass is 19.4. The summed E-state index contributed by atoms with van der Waals surface area (Å²) < 4.78 is 37.2. The predicted molar refractivity (Wildman–Crippen MR) is 127 cm³/mol. The number of nitrogens with zero attached hydrogens (tertiary/aromatic N) is 2. The first-order valence-electron chi connectivity index (χ1n) is 11.5. The molecule has 2 unspecified atom stereocenters. The first-order valence-corrected chi connectivity index (χ1v) is 11.5. The third-order valence-corrected chi connectivity index (χ3v) is 6.11. The van der Waals surface area contributed by atoms with Crippen molar-refractivity contribution in [1.82, 2.24) is 4.90 Å². The van der Waals surface area contributed by atoms with E-state index in [-0.39, 0.29) is 12.5 Å². The molecule has 2 fully saturated rings. The second kappa shape index (κ2) is 11.9. The van der Waals surface area contributed by atoms with Crippen molar-refractivity contribution in [2.75, 3.05) is 36.5 Å². The Morgan fingerprint density at radius 1 is 1.06 bits per heavy atom. The van der Waals surface area contributed by atoms with E-state index in [1.54, 1.807) is 0 Å². The number of carbonyl (C=O) groups excluding carboxylic acids is 1. The van der Waals surface area contributed by atoms with Crippen molar-refractivity contribution in [3.05, 3.63) is 54.6 Å². The highest BCUT2D eigenvalue weighted by Crippen LogP contribution is 2.28. The Balaban J connectivity index is 0.000000429. The normalized spacial score (nSPS) is 20.2. The maximum absolute atomic E-state index is 12.1. The van der Waals surface area contributed by atoms with Gasteiger partial charge in [-0.25, -0.2) is 4.79 Å². The third-order valence-electron chi connectivity index (χ3n) is 6.11. The Bertz CT molecular complexity index is 970. The van der Waals surface area contributed by atoms with Crippen LogP contribution in [0.2, 0.25) is 0 Å². The van der Waals surface area contributed by atoms with Crippen molar-refractivity contribution in [1.29, 1.82) is 0 Å². The fraction of sp³-hybridized carbons (Fsp3) is 0.440. The van der Waals surface area contributed by atoms with Crippen LogP contribution in [-0.2, 0) is 9.59 Å². The van der Waals surface area contributed by atoms with Gasteiger partial charge in [-0.05, 0) is 69.1 Å². The zero-order valence-electron chi connectivity index (χ0n) is 19.5. The summed E-state index contributed by atoms with van der Waals surface area (Å²) in [5.41, 5.74) is 2.03. The minimum absolute atomic E-state index is 0.00753. The fourth-order valence-electron chi connectivity index (χ4n) is 4.36. The zero-order chi connectivity index (χ0) is 25.4. The van der Waals surface area contributed by atoms with Crippen molar-refractivity contribution in [2.24, 2.45) is 0 Å². The van der Waals surface area contributed by atoms with E-state index in [0.29, 0.717) is 11.8 Å². The van der Waals surface area contributed by atoms with Crippen LogP contribution >= 0.6 is 0 Å². The Labute approximate surface area is 202 Å². The smallest absolute Gasteiger partial charge is 0.484 e. The summed E-state index contributed by atoms with van der Waals surface area (Å²) in [5.74, 6) is -2.21. The molecule has 2 saturated heterocycles. The molecule has 0 radical (unpaired) electrons. The molecule has 2 aliphatic rings. The first kappa shape index (κ1) is 26.3. The second-order valence-corrected chi connectivity index (χ2v) is 8.62. The number of benzene rings is 2. The van der Waals surface area contributed by atoms with Crippen molar-refractivity contribution in [2.45, 2.75) is 44.4 Å². The van der Waals surface area contributed by atoms with Gasteiger partial charge in [-0.3, -0.25) is 9.69 Å². The number of anilines is 2. The number of aliphatic carboxylic acids is 1. The Morgan fingerprint density at radius 2 is 1.71 bits per heavy atom. The van der Waals surface area contributed by atoms with E-state index in [1.165, 1.54) is 31.5 Å². The molecule has 0 bridgehead atoms. The van der Waals surface area contributed by atoms with E-state index >= 15 is 0 Å². The largest absolute Gasteiger partial charge is 0.490 e. The molecule has 0 aromatic heterocycles. The lowest BCUT2D eigenvalue weighted by Gasteiger charge is -2.28. The molecule has 1 amide bonds. The molecule has 0 aliphatic carbocycles. The van der Waals surface area contributed by atoms with Crippen LogP contribution in [0.1, 0.15) is 26.2 Å². The molecule has 2 heterocycles. The average molecular weight is 494 g/mol. The van der Waals surface area contributed by atoms with Crippen molar-refractivity contribution >= 4 is 23.3 Å². The van der Waals surface area contributed by atoms with Crippen LogP contribution in [0, 0.1) is 0 Å². The number of rotatable bonds is 6. The molecule has 2 atom stereocenters. The van der Waals surface area contributed by atoms with Crippen LogP contribution in [0.25, 0.3) is 0 Å². The van der Waals surface area contributed by atoms with E-state index in [4.69, 9.17) is 14.6 Å². The third kappa shape index (κ3) is 7.88. The van der Waals surface area contributed by atoms with Crippen LogP contribution in [0.15, 0.2) is 54.6 Å². The van der Waals surface area contributed by atoms with Crippen molar-refractivity contribution < 1.29 is 32.6 Å². The molecule has 2 aromatic rings. The standard InChI is InChI=1S/C23H29N3O2.C2HF3O2/c1-18-6-5-14-26(18)21-13-15-25(16-21)20-11-9-19(10-12-20)24-23(27)17-28-22-7-3-2-4-8-22;3-2(4,5)1(6)7/h2-4,7-12,18,21H,5-6,13-17H2,1H3,(H,24,27);(H,6,7). The lowest BCUT2D eigenvalue weighted by Crippen LogP contribution is -2.39. The highest BCUT2D eigenvalue weighted by Gasteiger charge is 2.38. The summed E-state index contributed by atoms with van der Waals surface area (Å²) >= 11 is 0.